The fourth-order valence-corrected chi connectivity index (χ4v) is 11.5. The summed E-state index contributed by atoms with van der Waals surface area (Å²) in [5.41, 5.74) is 13.9. The van der Waals surface area contributed by atoms with Gasteiger partial charge in [-0.25, -0.2) is 4.98 Å². The summed E-state index contributed by atoms with van der Waals surface area (Å²) >= 11 is -2.24. The largest absolute Gasteiger partial charge is 0 e. The number of para-hydroxylation sites is 2. The first kappa shape index (κ1) is 44.9. The Morgan fingerprint density at radius 1 is 0.687 bits per heavy atom. The molecule has 10 rings (SSSR count). The molecule has 10 aromatic rings. The summed E-state index contributed by atoms with van der Waals surface area (Å²) in [4.78, 5) is 14.6. The number of hydrogen-bond acceptors (Lipinski definition) is 4. The van der Waals surface area contributed by atoms with Crippen molar-refractivity contribution in [2.75, 3.05) is 0 Å². The van der Waals surface area contributed by atoms with Crippen LogP contribution in [0, 0.1) is 24.5 Å². The van der Waals surface area contributed by atoms with Crippen LogP contribution in [0.5, 0.6) is 0 Å². The van der Waals surface area contributed by atoms with Crippen molar-refractivity contribution in [3.05, 3.63) is 187 Å². The Labute approximate surface area is 415 Å². The Bertz CT molecular complexity index is 3380. The number of benzene rings is 6. The molecule has 0 saturated carbocycles. The maximum absolute atomic E-state index is 8.76. The zero-order valence-electron chi connectivity index (χ0n) is 42.0. The molecule has 1 radical (unpaired) electrons. The molecule has 5 nitrogen and oxygen atoms in total. The van der Waals surface area contributed by atoms with Gasteiger partial charge >= 0.3 is 135 Å². The first-order valence-corrected chi connectivity index (χ1v) is 30.1. The van der Waals surface area contributed by atoms with Gasteiger partial charge in [-0.05, 0) is 65.4 Å². The van der Waals surface area contributed by atoms with E-state index in [0.717, 1.165) is 93.6 Å². The number of nitrogens with zero attached hydrogens (tertiary/aromatic N) is 4. The van der Waals surface area contributed by atoms with Gasteiger partial charge in [0.05, 0.1) is 28.1 Å². The van der Waals surface area contributed by atoms with Crippen LogP contribution in [0.2, 0.25) is 17.3 Å². The number of aryl methyl sites for hydroxylation is 1. The zero-order chi connectivity index (χ0) is 48.2. The zero-order valence-corrected chi connectivity index (χ0v) is 44.5. The van der Waals surface area contributed by atoms with Crippen LogP contribution in [-0.4, -0.2) is 32.8 Å². The van der Waals surface area contributed by atoms with Gasteiger partial charge in [0.1, 0.15) is 0 Å². The van der Waals surface area contributed by atoms with E-state index in [1.165, 1.54) is 5.56 Å². The first-order chi connectivity index (χ1) is 32.3. The van der Waals surface area contributed by atoms with E-state index in [4.69, 9.17) is 17.1 Å². The Morgan fingerprint density at radius 3 is 1.94 bits per heavy atom. The number of furan rings is 1. The molecule has 339 valence electrons. The van der Waals surface area contributed by atoms with Crippen molar-refractivity contribution in [2.45, 2.75) is 77.5 Å². The fourth-order valence-electron chi connectivity index (χ4n) is 8.55. The van der Waals surface area contributed by atoms with Gasteiger partial charge in [-0.2, -0.15) is 0 Å². The predicted molar refractivity (Wildman–Crippen MR) is 279 cm³/mol. The van der Waals surface area contributed by atoms with Crippen molar-refractivity contribution in [1.82, 2.24) is 19.5 Å². The molecule has 0 spiro atoms. The van der Waals surface area contributed by atoms with Crippen LogP contribution in [0.1, 0.15) is 61.1 Å². The summed E-state index contributed by atoms with van der Waals surface area (Å²) in [6, 6.07) is 58.9. The number of rotatable bonds is 7. The van der Waals surface area contributed by atoms with Crippen LogP contribution in [0.15, 0.2) is 162 Å². The van der Waals surface area contributed by atoms with Crippen molar-refractivity contribution in [2.24, 2.45) is 5.41 Å². The van der Waals surface area contributed by atoms with Crippen LogP contribution in [0.25, 0.3) is 83.7 Å². The van der Waals surface area contributed by atoms with Crippen molar-refractivity contribution in [3.8, 4) is 50.6 Å². The number of imidazole rings is 1. The number of fused-ring (bicyclic) bond motifs is 4. The van der Waals surface area contributed by atoms with Gasteiger partial charge in [-0.3, -0.25) is 4.98 Å². The van der Waals surface area contributed by atoms with Crippen molar-refractivity contribution in [1.29, 1.82) is 0 Å². The molecule has 0 aliphatic rings. The molecule has 0 fully saturated rings. The molecule has 0 atom stereocenters. The average molecular weight is 1120 g/mol. The normalized spacial score (nSPS) is 12.6. The molecule has 7 heteroatoms. The molecule has 0 saturated heterocycles. The van der Waals surface area contributed by atoms with Crippen molar-refractivity contribution >= 4 is 50.8 Å². The fraction of sp³-hybridized carbons (Fsp3) is 0.217. The van der Waals surface area contributed by atoms with Gasteiger partial charge in [0, 0.05) is 42.3 Å². The van der Waals surface area contributed by atoms with Crippen LogP contribution in [0.4, 0.5) is 0 Å². The third kappa shape index (κ3) is 10.0. The Hall–Kier alpha value is -5.92. The molecule has 0 bridgehead atoms. The molecular weight excluding hydrogens is 1060 g/mol. The van der Waals surface area contributed by atoms with Crippen LogP contribution in [-0.2, 0) is 31.9 Å². The molecular formula is C60H58GeIrN4O-2. The Balaban J connectivity index is 0.000000227. The molecule has 4 heterocycles. The van der Waals surface area contributed by atoms with E-state index in [9.17, 15) is 0 Å². The van der Waals surface area contributed by atoms with E-state index >= 15 is 0 Å². The minimum absolute atomic E-state index is 0. The van der Waals surface area contributed by atoms with Crippen LogP contribution in [0.3, 0.4) is 0 Å². The summed E-state index contributed by atoms with van der Waals surface area (Å²) in [5, 5.41) is 1.98. The molecule has 67 heavy (non-hydrogen) atoms. The third-order valence-corrected chi connectivity index (χ3v) is 16.0. The molecule has 0 amide bonds. The molecule has 0 N–H and O–H groups in total. The van der Waals surface area contributed by atoms with E-state index in [-0.39, 0.29) is 25.5 Å². The first-order valence-electron chi connectivity index (χ1n) is 23.8. The molecule has 4 aromatic heterocycles. The van der Waals surface area contributed by atoms with Gasteiger partial charge in [0.15, 0.2) is 0 Å². The maximum atomic E-state index is 8.76. The second-order valence-corrected chi connectivity index (χ2v) is 30.8. The topological polar surface area (TPSA) is 56.7 Å². The summed E-state index contributed by atoms with van der Waals surface area (Å²) in [6.07, 6.45) is 0.502. The number of aromatic nitrogens is 4. The number of pyridine rings is 2. The summed E-state index contributed by atoms with van der Waals surface area (Å²) < 4.78 is 27.5. The Kier molecular flexibility index (Phi) is 12.7. The van der Waals surface area contributed by atoms with Crippen LogP contribution >= 0.6 is 0 Å². The van der Waals surface area contributed by atoms with E-state index < -0.39 is 25.1 Å². The summed E-state index contributed by atoms with van der Waals surface area (Å²) in [5.74, 6) is 7.63. The van der Waals surface area contributed by atoms with Crippen molar-refractivity contribution in [3.63, 3.8) is 0 Å². The Morgan fingerprint density at radius 2 is 1.33 bits per heavy atom. The van der Waals surface area contributed by atoms with E-state index in [2.05, 4.69) is 163 Å². The van der Waals surface area contributed by atoms with Gasteiger partial charge in [0.2, 0.25) is 5.71 Å². The maximum Gasteiger partial charge on any atom is 0 e. The van der Waals surface area contributed by atoms with Gasteiger partial charge in [-0.15, -0.1) is 18.2 Å². The second kappa shape index (κ2) is 19.0. The van der Waals surface area contributed by atoms with Crippen LogP contribution < -0.4 is 4.40 Å². The number of hydrogen-bond donors (Lipinski definition) is 0. The standard InChI is InChI=1S/C41H32N3O.C19H26GeN.Ir/c1-26-22-23-31-30-18-13-19-32(38(30)45-40(31)42-26)39-43-35-20-11-12-21-36(35)44(39)37-33(27-14-7-5-8-15-27)24-29(41(2,3)4)25-34(37)28-16-9-6-10-17-28;1-19(2,3)13-16-12-18(15-10-8-7-9-11-15)21-14-17(16)20(4,5)6;/h5-18,20-25H,1-4H3;7-10,12,14H,13H2,1-6H3;/q2*-1;/i;13D2;. The SMILES string of the molecule is Cc1ccc2c(n1)oc1c(-c3nc4ccccc4n3-c3c(-c4ccccc4)cc(C(C)(C)C)cc3-c3ccccc3)[c-]ccc12.[2H]C([2H])(c1cc(-c2[c-]cccc2)nc[c]1[Ge]([CH3])([CH3])[CH3])C(C)(C)C.[Ir]. The van der Waals surface area contributed by atoms with E-state index in [1.807, 2.05) is 82.4 Å². The predicted octanol–water partition coefficient (Wildman–Crippen LogP) is 15.4. The molecule has 6 aromatic carbocycles. The van der Waals surface area contributed by atoms with E-state index in [1.54, 1.807) is 0 Å². The monoisotopic (exact) mass is 1120 g/mol. The minimum atomic E-state index is -2.24. The van der Waals surface area contributed by atoms with Gasteiger partial charge in [-0.1, -0.05) is 105 Å². The van der Waals surface area contributed by atoms with Gasteiger partial charge in [0.25, 0.3) is 0 Å². The van der Waals surface area contributed by atoms with Gasteiger partial charge < -0.3 is 8.98 Å². The second-order valence-electron chi connectivity index (χ2n) is 20.2. The van der Waals surface area contributed by atoms with E-state index in [0.29, 0.717) is 5.71 Å². The minimum Gasteiger partial charge on any atom is 0 e. The van der Waals surface area contributed by atoms with Crippen molar-refractivity contribution < 1.29 is 27.3 Å². The molecule has 0 unspecified atom stereocenters. The summed E-state index contributed by atoms with van der Waals surface area (Å²) in [7, 11) is 0. The average Bonchev–Trinajstić information content (AvgIpc) is 3.89. The molecule has 0 aliphatic carbocycles. The summed E-state index contributed by atoms with van der Waals surface area (Å²) in [6.45, 7) is 14.7. The smallest absolute Gasteiger partial charge is 0 e. The quantitative estimate of drug-likeness (QED) is 0.118. The third-order valence-electron chi connectivity index (χ3n) is 11.8. The molecule has 0 aliphatic heterocycles.